The van der Waals surface area contributed by atoms with E-state index in [1.807, 2.05) is 0 Å². The summed E-state index contributed by atoms with van der Waals surface area (Å²) in [6.07, 6.45) is 41.6. The van der Waals surface area contributed by atoms with Crippen molar-refractivity contribution >= 4 is 22.2 Å². The summed E-state index contributed by atoms with van der Waals surface area (Å²) < 4.78 is 44.1. The number of allylic oxidation sites excluding steroid dienone is 4. The maximum absolute atomic E-state index is 12.7. The van der Waals surface area contributed by atoms with Crippen LogP contribution in [0.4, 0.5) is 0 Å². The van der Waals surface area contributed by atoms with Gasteiger partial charge in [-0.15, -0.1) is 0 Å². The van der Waals surface area contributed by atoms with Crippen molar-refractivity contribution in [2.24, 2.45) is 0 Å². The van der Waals surface area contributed by atoms with Crippen molar-refractivity contribution < 1.29 is 31.7 Å². The van der Waals surface area contributed by atoms with Crippen molar-refractivity contribution in [1.82, 2.24) is 9.62 Å². The fraction of sp³-hybridized carbons (Fsp3) is 0.867. The molecule has 55 heavy (non-hydrogen) atoms. The molecule has 10 heteroatoms. The minimum Gasteiger partial charge on any atom is -0.463 e. The number of unbranched alkanes of at least 4 members (excludes halogenated alkanes) is 22. The molecule has 1 aliphatic heterocycles. The molecule has 0 amide bonds. The van der Waals surface area contributed by atoms with E-state index in [1.165, 1.54) is 89.9 Å². The number of esters is 2. The van der Waals surface area contributed by atoms with E-state index in [9.17, 15) is 18.0 Å². The maximum atomic E-state index is 12.7. The summed E-state index contributed by atoms with van der Waals surface area (Å²) >= 11 is 0. The number of hydrogen-bond acceptors (Lipinski definition) is 8. The molecule has 0 atom stereocenters. The van der Waals surface area contributed by atoms with Crippen LogP contribution in [0.5, 0.6) is 0 Å². The molecular weight excluding hydrogens is 713 g/mol. The lowest BCUT2D eigenvalue weighted by molar-refractivity contribution is -0.151. The Balaban J connectivity index is 2.27. The smallest absolute Gasteiger partial charge is 0.336 e. The third kappa shape index (κ3) is 35.2. The molecule has 1 aliphatic rings. The molecule has 1 heterocycles. The van der Waals surface area contributed by atoms with Crippen LogP contribution in [0.2, 0.25) is 0 Å². The van der Waals surface area contributed by atoms with Crippen LogP contribution in [0, 0.1) is 0 Å². The molecule has 1 N–H and O–H groups in total. The van der Waals surface area contributed by atoms with E-state index in [0.29, 0.717) is 6.54 Å². The quantitative estimate of drug-likeness (QED) is 0.0371. The predicted octanol–water partition coefficient (Wildman–Crippen LogP) is 11.5. The summed E-state index contributed by atoms with van der Waals surface area (Å²) in [5.41, 5.74) is 0. The molecular formula is C45H84N2O7S. The summed E-state index contributed by atoms with van der Waals surface area (Å²) in [5.74, 6) is -0.796. The van der Waals surface area contributed by atoms with E-state index in [0.717, 1.165) is 103 Å². The van der Waals surface area contributed by atoms with Gasteiger partial charge in [0.1, 0.15) is 19.3 Å². The standard InChI is InChI=1S/C45H84N2O7S/c1-3-5-7-9-11-13-15-17-19-21-23-25-27-29-31-35-44(48)52-41-43(54-55(50,51)46-37-40-47-38-33-34-39-47)42-53-45(49)36-32-30-28-26-24-22-20-18-16-14-12-10-8-6-4-2/h17-20,43,46H,3-16,21-42H2,1-2H3. The van der Waals surface area contributed by atoms with Crippen LogP contribution in [-0.2, 0) is 33.6 Å². The Morgan fingerprint density at radius 2 is 0.927 bits per heavy atom. The Bertz CT molecular complexity index is 1000. The highest BCUT2D eigenvalue weighted by Gasteiger charge is 2.23. The van der Waals surface area contributed by atoms with E-state index in [1.54, 1.807) is 0 Å². The Morgan fingerprint density at radius 3 is 1.33 bits per heavy atom. The predicted molar refractivity (Wildman–Crippen MR) is 228 cm³/mol. The van der Waals surface area contributed by atoms with Crippen LogP contribution in [0.3, 0.4) is 0 Å². The van der Waals surface area contributed by atoms with Gasteiger partial charge in [-0.2, -0.15) is 13.1 Å². The van der Waals surface area contributed by atoms with Gasteiger partial charge in [0.25, 0.3) is 0 Å². The van der Waals surface area contributed by atoms with Crippen LogP contribution in [0.15, 0.2) is 24.3 Å². The Hall–Kier alpha value is -1.75. The number of nitrogens with zero attached hydrogens (tertiary/aromatic N) is 1. The first-order valence-corrected chi connectivity index (χ1v) is 24.3. The molecule has 0 aromatic rings. The molecule has 1 fully saturated rings. The number of rotatable bonds is 40. The highest BCUT2D eigenvalue weighted by molar-refractivity contribution is 7.84. The van der Waals surface area contributed by atoms with E-state index in [4.69, 9.17) is 13.7 Å². The second kappa shape index (κ2) is 37.8. The second-order valence-electron chi connectivity index (χ2n) is 15.7. The van der Waals surface area contributed by atoms with Crippen molar-refractivity contribution in [1.29, 1.82) is 0 Å². The third-order valence-electron chi connectivity index (χ3n) is 10.3. The average Bonchev–Trinajstić information content (AvgIpc) is 3.69. The summed E-state index contributed by atoms with van der Waals surface area (Å²) in [5, 5.41) is 0. The summed E-state index contributed by atoms with van der Waals surface area (Å²) in [4.78, 5) is 27.2. The van der Waals surface area contributed by atoms with Crippen LogP contribution in [0.25, 0.3) is 0 Å². The first-order valence-electron chi connectivity index (χ1n) is 22.9. The number of nitrogens with one attached hydrogen (secondary N) is 1. The lowest BCUT2D eigenvalue weighted by Crippen LogP contribution is -2.39. The zero-order chi connectivity index (χ0) is 39.9. The largest absolute Gasteiger partial charge is 0.463 e. The first kappa shape index (κ1) is 51.3. The maximum Gasteiger partial charge on any atom is 0.336 e. The molecule has 0 radical (unpaired) electrons. The molecule has 0 unspecified atom stereocenters. The monoisotopic (exact) mass is 797 g/mol. The lowest BCUT2D eigenvalue weighted by atomic mass is 10.1. The minimum atomic E-state index is -4.12. The number of likely N-dealkylation sites (tertiary alicyclic amines) is 1. The highest BCUT2D eigenvalue weighted by Crippen LogP contribution is 2.13. The van der Waals surface area contributed by atoms with Gasteiger partial charge < -0.3 is 14.4 Å². The van der Waals surface area contributed by atoms with Crippen LogP contribution in [-0.4, -0.2) is 70.8 Å². The molecule has 0 bridgehead atoms. The van der Waals surface area contributed by atoms with Gasteiger partial charge in [-0.3, -0.25) is 9.59 Å². The molecule has 9 nitrogen and oxygen atoms in total. The van der Waals surface area contributed by atoms with Crippen molar-refractivity contribution in [3.05, 3.63) is 24.3 Å². The van der Waals surface area contributed by atoms with Crippen LogP contribution in [0.1, 0.15) is 206 Å². The van der Waals surface area contributed by atoms with Gasteiger partial charge in [0.05, 0.1) is 0 Å². The molecule has 0 aliphatic carbocycles. The van der Waals surface area contributed by atoms with Crippen LogP contribution >= 0.6 is 0 Å². The summed E-state index contributed by atoms with van der Waals surface area (Å²) in [6.45, 7) is 6.66. The normalized spacial score (nSPS) is 14.4. The number of carbonyl (C=O) groups is 2. The fourth-order valence-corrected chi connectivity index (χ4v) is 7.73. The van der Waals surface area contributed by atoms with Crippen molar-refractivity contribution in [3.8, 4) is 0 Å². The van der Waals surface area contributed by atoms with Crippen molar-refractivity contribution in [3.63, 3.8) is 0 Å². The van der Waals surface area contributed by atoms with E-state index in [-0.39, 0.29) is 32.6 Å². The van der Waals surface area contributed by atoms with E-state index < -0.39 is 28.3 Å². The highest BCUT2D eigenvalue weighted by atomic mass is 32.2. The number of ether oxygens (including phenoxy) is 2. The summed E-state index contributed by atoms with van der Waals surface area (Å²) in [7, 11) is -4.12. The molecule has 1 rings (SSSR count). The molecule has 322 valence electrons. The van der Waals surface area contributed by atoms with Gasteiger partial charge in [0.15, 0.2) is 0 Å². The molecule has 0 spiro atoms. The van der Waals surface area contributed by atoms with Gasteiger partial charge >= 0.3 is 22.2 Å². The first-order chi connectivity index (χ1) is 26.9. The lowest BCUT2D eigenvalue weighted by Gasteiger charge is -2.19. The van der Waals surface area contributed by atoms with Crippen LogP contribution < -0.4 is 4.72 Å². The zero-order valence-corrected chi connectivity index (χ0v) is 36.4. The van der Waals surface area contributed by atoms with E-state index in [2.05, 4.69) is 47.8 Å². The second-order valence-corrected chi connectivity index (χ2v) is 17.0. The Morgan fingerprint density at radius 1 is 0.564 bits per heavy atom. The molecule has 0 aromatic heterocycles. The minimum absolute atomic E-state index is 0.222. The number of carbonyl (C=O) groups excluding carboxylic acids is 2. The van der Waals surface area contributed by atoms with E-state index >= 15 is 0 Å². The topological polar surface area (TPSA) is 111 Å². The zero-order valence-electron chi connectivity index (χ0n) is 35.6. The van der Waals surface area contributed by atoms with Gasteiger partial charge in [0, 0.05) is 25.9 Å². The fourth-order valence-electron chi connectivity index (χ4n) is 6.85. The van der Waals surface area contributed by atoms with Gasteiger partial charge in [-0.25, -0.2) is 4.18 Å². The van der Waals surface area contributed by atoms with Crippen molar-refractivity contribution in [2.75, 3.05) is 39.4 Å². The third-order valence-corrected chi connectivity index (χ3v) is 11.4. The molecule has 1 saturated heterocycles. The van der Waals surface area contributed by atoms with Gasteiger partial charge in [-0.1, -0.05) is 141 Å². The average molecular weight is 797 g/mol. The molecule has 0 aromatic carbocycles. The Labute approximate surface area is 338 Å². The summed E-state index contributed by atoms with van der Waals surface area (Å²) in [6, 6.07) is 0. The SMILES string of the molecule is CCCCCCCCC=CCCCCCCCC(=O)OCC(COC(=O)CCCCCCCC=CCCCCCCCC)OS(=O)(=O)NCCN1CCCC1. The van der Waals surface area contributed by atoms with Crippen molar-refractivity contribution in [2.45, 2.75) is 213 Å². The number of hydrogen-bond donors (Lipinski definition) is 1. The van der Waals surface area contributed by atoms with Gasteiger partial charge in [-0.05, 0) is 90.1 Å². The molecule has 0 saturated carbocycles. The Kier molecular flexibility index (Phi) is 35.2. The van der Waals surface area contributed by atoms with Gasteiger partial charge in [0.2, 0.25) is 0 Å².